The van der Waals surface area contributed by atoms with Gasteiger partial charge in [-0.25, -0.2) is 4.39 Å². The maximum absolute atomic E-state index is 14.3. The third-order valence-electron chi connectivity index (χ3n) is 3.41. The van der Waals surface area contributed by atoms with E-state index in [0.29, 0.717) is 29.4 Å². The number of halogens is 2. The van der Waals surface area contributed by atoms with Crippen molar-refractivity contribution >= 4 is 21.9 Å². The van der Waals surface area contributed by atoms with Crippen LogP contribution in [0, 0.1) is 11.6 Å². The van der Waals surface area contributed by atoms with E-state index in [1.165, 1.54) is 0 Å². The molecule has 0 aliphatic rings. The smallest absolute Gasteiger partial charge is 0.208 e. The van der Waals surface area contributed by atoms with Gasteiger partial charge in [0.1, 0.15) is 0 Å². The van der Waals surface area contributed by atoms with Gasteiger partial charge in [-0.1, -0.05) is 13.0 Å². The molecule has 1 aromatic heterocycles. The Kier molecular flexibility index (Phi) is 3.08. The molecular formula is C16H14F2O2. The van der Waals surface area contributed by atoms with Crippen molar-refractivity contribution in [1.82, 2.24) is 0 Å². The minimum atomic E-state index is -0.585. The van der Waals surface area contributed by atoms with Gasteiger partial charge in [-0.15, -0.1) is 0 Å². The second-order valence-corrected chi connectivity index (χ2v) is 4.56. The standard InChI is InChI=1S/C16H14F2O2/c1-3-9-5-6-10-11-7-8-12(19-4-2)14(18)16(11)20-15(10)13(9)17/h5-8H,3-4H2,1-2H3. The maximum Gasteiger partial charge on any atom is 0.208 e. The summed E-state index contributed by atoms with van der Waals surface area (Å²) in [5.41, 5.74) is 0.701. The molecule has 0 spiro atoms. The van der Waals surface area contributed by atoms with Gasteiger partial charge in [0, 0.05) is 10.8 Å². The van der Waals surface area contributed by atoms with Gasteiger partial charge < -0.3 is 9.15 Å². The Morgan fingerprint density at radius 3 is 2.25 bits per heavy atom. The predicted molar refractivity (Wildman–Crippen MR) is 74.2 cm³/mol. The van der Waals surface area contributed by atoms with Gasteiger partial charge in [0.2, 0.25) is 5.82 Å². The van der Waals surface area contributed by atoms with Crippen LogP contribution in [-0.2, 0) is 6.42 Å². The largest absolute Gasteiger partial charge is 0.491 e. The molecule has 0 amide bonds. The Bertz CT molecular complexity index is 790. The molecule has 20 heavy (non-hydrogen) atoms. The molecule has 0 aliphatic heterocycles. The van der Waals surface area contributed by atoms with E-state index < -0.39 is 11.6 Å². The first-order valence-corrected chi connectivity index (χ1v) is 6.62. The second kappa shape index (κ2) is 4.78. The number of aryl methyl sites for hydroxylation is 1. The molecule has 2 nitrogen and oxygen atoms in total. The van der Waals surface area contributed by atoms with Crippen LogP contribution in [0.15, 0.2) is 28.7 Å². The zero-order valence-electron chi connectivity index (χ0n) is 11.3. The molecule has 0 saturated heterocycles. The average molecular weight is 276 g/mol. The predicted octanol–water partition coefficient (Wildman–Crippen LogP) is 4.83. The Balaban J connectivity index is 2.35. The summed E-state index contributed by atoms with van der Waals surface area (Å²) in [6, 6.07) is 6.71. The zero-order chi connectivity index (χ0) is 14.3. The molecule has 0 N–H and O–H groups in total. The van der Waals surface area contributed by atoms with E-state index >= 15 is 0 Å². The molecule has 3 aromatic rings. The summed E-state index contributed by atoms with van der Waals surface area (Å²) >= 11 is 0. The molecule has 1 heterocycles. The summed E-state index contributed by atoms with van der Waals surface area (Å²) in [5.74, 6) is -0.883. The van der Waals surface area contributed by atoms with Crippen molar-refractivity contribution in [2.24, 2.45) is 0 Å². The lowest BCUT2D eigenvalue weighted by atomic mass is 10.1. The fourth-order valence-corrected chi connectivity index (χ4v) is 2.40. The molecule has 0 unspecified atom stereocenters. The number of furan rings is 1. The van der Waals surface area contributed by atoms with Crippen molar-refractivity contribution in [3.8, 4) is 5.75 Å². The Hall–Kier alpha value is -2.10. The van der Waals surface area contributed by atoms with Crippen LogP contribution in [0.2, 0.25) is 0 Å². The topological polar surface area (TPSA) is 22.4 Å². The van der Waals surface area contributed by atoms with Crippen LogP contribution in [0.5, 0.6) is 5.75 Å². The highest BCUT2D eigenvalue weighted by atomic mass is 19.1. The van der Waals surface area contributed by atoms with E-state index in [9.17, 15) is 8.78 Å². The molecule has 0 fully saturated rings. The Morgan fingerprint density at radius 1 is 0.950 bits per heavy atom. The normalized spacial score (nSPS) is 11.4. The van der Waals surface area contributed by atoms with Crippen LogP contribution in [0.4, 0.5) is 8.78 Å². The van der Waals surface area contributed by atoms with Crippen molar-refractivity contribution in [2.75, 3.05) is 6.61 Å². The van der Waals surface area contributed by atoms with Crippen LogP contribution in [-0.4, -0.2) is 6.61 Å². The van der Waals surface area contributed by atoms with Gasteiger partial charge in [0.15, 0.2) is 22.7 Å². The third kappa shape index (κ3) is 1.75. The van der Waals surface area contributed by atoms with Crippen molar-refractivity contribution in [3.63, 3.8) is 0 Å². The molecule has 0 aliphatic carbocycles. The number of fused-ring (bicyclic) bond motifs is 3. The van der Waals surface area contributed by atoms with E-state index in [0.717, 1.165) is 0 Å². The van der Waals surface area contributed by atoms with Crippen molar-refractivity contribution in [3.05, 3.63) is 41.5 Å². The van der Waals surface area contributed by atoms with Gasteiger partial charge in [-0.05, 0) is 37.1 Å². The second-order valence-electron chi connectivity index (χ2n) is 4.56. The minimum Gasteiger partial charge on any atom is -0.491 e. The van der Waals surface area contributed by atoms with E-state index in [1.54, 1.807) is 31.2 Å². The van der Waals surface area contributed by atoms with E-state index in [-0.39, 0.29) is 16.9 Å². The van der Waals surface area contributed by atoms with Crippen LogP contribution >= 0.6 is 0 Å². The average Bonchev–Trinajstić information content (AvgIpc) is 2.83. The maximum atomic E-state index is 14.3. The number of hydrogen-bond donors (Lipinski definition) is 0. The Morgan fingerprint density at radius 2 is 1.60 bits per heavy atom. The molecule has 104 valence electrons. The lowest BCUT2D eigenvalue weighted by Crippen LogP contribution is -1.94. The van der Waals surface area contributed by atoms with Crippen molar-refractivity contribution < 1.29 is 17.9 Å². The molecule has 0 radical (unpaired) electrons. The van der Waals surface area contributed by atoms with E-state index in [4.69, 9.17) is 9.15 Å². The van der Waals surface area contributed by atoms with E-state index in [1.807, 2.05) is 6.92 Å². The molecule has 0 atom stereocenters. The quantitative estimate of drug-likeness (QED) is 0.684. The highest BCUT2D eigenvalue weighted by Gasteiger charge is 2.18. The van der Waals surface area contributed by atoms with Gasteiger partial charge in [0.05, 0.1) is 6.61 Å². The molecular weight excluding hydrogens is 262 g/mol. The van der Waals surface area contributed by atoms with Gasteiger partial charge in [-0.3, -0.25) is 0 Å². The lowest BCUT2D eigenvalue weighted by Gasteiger charge is -2.03. The number of rotatable bonds is 3. The van der Waals surface area contributed by atoms with Crippen LogP contribution in [0.25, 0.3) is 21.9 Å². The highest BCUT2D eigenvalue weighted by molar-refractivity contribution is 6.05. The monoisotopic (exact) mass is 276 g/mol. The summed E-state index contributed by atoms with van der Waals surface area (Å²) < 4.78 is 39.1. The first-order chi connectivity index (χ1) is 9.67. The molecule has 4 heteroatoms. The summed E-state index contributed by atoms with van der Waals surface area (Å²) in [5, 5.41) is 1.14. The summed E-state index contributed by atoms with van der Waals surface area (Å²) in [4.78, 5) is 0. The van der Waals surface area contributed by atoms with Crippen molar-refractivity contribution in [1.29, 1.82) is 0 Å². The minimum absolute atomic E-state index is 0.0399. The molecule has 2 aromatic carbocycles. The van der Waals surface area contributed by atoms with Crippen LogP contribution in [0.1, 0.15) is 19.4 Å². The number of benzene rings is 2. The summed E-state index contributed by atoms with van der Waals surface area (Å²) in [6.07, 6.45) is 0.561. The first kappa shape index (κ1) is 12.9. The van der Waals surface area contributed by atoms with E-state index in [2.05, 4.69) is 0 Å². The fraction of sp³-hybridized carbons (Fsp3) is 0.250. The Labute approximate surface area is 114 Å². The summed E-state index contributed by atoms with van der Waals surface area (Å²) in [7, 11) is 0. The van der Waals surface area contributed by atoms with Gasteiger partial charge >= 0.3 is 0 Å². The molecule has 0 saturated carbocycles. The van der Waals surface area contributed by atoms with Gasteiger partial charge in [-0.2, -0.15) is 4.39 Å². The van der Waals surface area contributed by atoms with Crippen LogP contribution < -0.4 is 4.74 Å². The first-order valence-electron chi connectivity index (χ1n) is 6.62. The van der Waals surface area contributed by atoms with Crippen molar-refractivity contribution in [2.45, 2.75) is 20.3 Å². The van der Waals surface area contributed by atoms with Crippen LogP contribution in [0.3, 0.4) is 0 Å². The number of ether oxygens (including phenoxy) is 1. The lowest BCUT2D eigenvalue weighted by molar-refractivity contribution is 0.321. The zero-order valence-corrected chi connectivity index (χ0v) is 11.3. The molecule has 0 bridgehead atoms. The SMILES string of the molecule is CCOc1ccc2c(oc3c(F)c(CC)ccc32)c1F. The summed E-state index contributed by atoms with van der Waals surface area (Å²) in [6.45, 7) is 3.99. The fourth-order valence-electron chi connectivity index (χ4n) is 2.40. The highest BCUT2D eigenvalue weighted by Crippen LogP contribution is 2.36. The number of hydrogen-bond acceptors (Lipinski definition) is 2. The molecule has 3 rings (SSSR count). The third-order valence-corrected chi connectivity index (χ3v) is 3.41. The van der Waals surface area contributed by atoms with Gasteiger partial charge in [0.25, 0.3) is 0 Å².